The molecule has 16 heteroatoms. The average Bonchev–Trinajstić information content (AvgIpc) is 3.24. The third-order valence-corrected chi connectivity index (χ3v) is 11.7. The van der Waals surface area contributed by atoms with Crippen LogP contribution < -0.4 is 33.1 Å². The molecule has 0 spiro atoms. The lowest BCUT2D eigenvalue weighted by Gasteiger charge is -2.21. The standard InChI is InChI=1S/C22H22BrF2N3O2.C21H20BrF2N3O2/c1-3-19-20(23)21(29)28(13-18(26-2)14-8-5-4-6-9-14)22(30)27(19)12-15-16(24)10-7-11-17(15)25;1-13-19(22)20(28)27(12-18(25-2)14-7-4-3-5-8-14)21(29)26(13)11-15-16(23)9-6-10-17(15)24/h4-11,18,26H,3,12-13H2,1-2H3;3-10,18,25H,11-12H2,1-2H3/t2*18-/m00/s1. The van der Waals surface area contributed by atoms with Crippen LogP contribution in [0.4, 0.5) is 17.6 Å². The maximum atomic E-state index is 14.2. The van der Waals surface area contributed by atoms with Gasteiger partial charge in [0.05, 0.1) is 38.3 Å². The molecule has 0 amide bonds. The predicted molar refractivity (Wildman–Crippen MR) is 227 cm³/mol. The van der Waals surface area contributed by atoms with Crippen LogP contribution in [0.1, 0.15) is 52.6 Å². The smallest absolute Gasteiger partial charge is 0.312 e. The summed E-state index contributed by atoms with van der Waals surface area (Å²) in [6.45, 7) is 2.84. The van der Waals surface area contributed by atoms with Crippen molar-refractivity contribution in [2.24, 2.45) is 0 Å². The molecule has 0 fully saturated rings. The number of aromatic nitrogens is 4. The maximum Gasteiger partial charge on any atom is 0.331 e. The Kier molecular flexibility index (Phi) is 15.4. The highest BCUT2D eigenvalue weighted by Crippen LogP contribution is 2.20. The summed E-state index contributed by atoms with van der Waals surface area (Å²) in [5.74, 6) is -2.98. The van der Waals surface area contributed by atoms with E-state index in [4.69, 9.17) is 0 Å². The van der Waals surface area contributed by atoms with Crippen molar-refractivity contribution in [3.8, 4) is 0 Å². The highest BCUT2D eigenvalue weighted by atomic mass is 79.9. The van der Waals surface area contributed by atoms with E-state index in [0.29, 0.717) is 17.8 Å². The molecule has 0 saturated heterocycles. The molecule has 310 valence electrons. The number of hydrogen-bond donors (Lipinski definition) is 2. The number of halogens is 6. The molecule has 2 N–H and O–H groups in total. The van der Waals surface area contributed by atoms with Crippen LogP contribution in [0.25, 0.3) is 0 Å². The quantitative estimate of drug-likeness (QED) is 0.121. The van der Waals surface area contributed by atoms with Crippen molar-refractivity contribution in [2.75, 3.05) is 14.1 Å². The second-order valence-electron chi connectivity index (χ2n) is 13.5. The Labute approximate surface area is 354 Å². The molecule has 2 heterocycles. The van der Waals surface area contributed by atoms with Gasteiger partial charge >= 0.3 is 11.4 Å². The number of rotatable bonds is 13. The van der Waals surface area contributed by atoms with Crippen LogP contribution in [0.3, 0.4) is 0 Å². The monoisotopic (exact) mass is 940 g/mol. The predicted octanol–water partition coefficient (Wildman–Crippen LogP) is 6.99. The zero-order chi connectivity index (χ0) is 43.0. The van der Waals surface area contributed by atoms with E-state index >= 15 is 0 Å². The summed E-state index contributed by atoms with van der Waals surface area (Å²) in [5, 5.41) is 6.21. The van der Waals surface area contributed by atoms with Crippen molar-refractivity contribution < 1.29 is 17.6 Å². The second-order valence-corrected chi connectivity index (χ2v) is 15.1. The van der Waals surface area contributed by atoms with E-state index in [-0.39, 0.29) is 58.3 Å². The first-order valence-electron chi connectivity index (χ1n) is 18.6. The van der Waals surface area contributed by atoms with Crippen molar-refractivity contribution >= 4 is 31.9 Å². The molecule has 2 atom stereocenters. The average molecular weight is 943 g/mol. The molecule has 0 aliphatic carbocycles. The van der Waals surface area contributed by atoms with Gasteiger partial charge in [0.25, 0.3) is 11.1 Å². The van der Waals surface area contributed by atoms with Crippen LogP contribution in [-0.4, -0.2) is 32.4 Å². The third-order valence-electron chi connectivity index (χ3n) is 10.0. The molecule has 10 nitrogen and oxygen atoms in total. The van der Waals surface area contributed by atoms with Gasteiger partial charge in [-0.25, -0.2) is 27.2 Å². The third kappa shape index (κ3) is 10.0. The molecule has 4 aromatic carbocycles. The highest BCUT2D eigenvalue weighted by molar-refractivity contribution is 9.10. The summed E-state index contributed by atoms with van der Waals surface area (Å²) in [5.41, 5.74) is -0.147. The Bertz CT molecular complexity index is 2630. The van der Waals surface area contributed by atoms with Gasteiger partial charge in [0.15, 0.2) is 0 Å². The number of benzene rings is 4. The maximum absolute atomic E-state index is 14.2. The molecular weight excluding hydrogens is 900 g/mol. The molecule has 2 aromatic heterocycles. The van der Waals surface area contributed by atoms with Crippen LogP contribution in [-0.2, 0) is 32.6 Å². The molecule has 0 saturated carbocycles. The van der Waals surface area contributed by atoms with E-state index in [9.17, 15) is 36.7 Å². The lowest BCUT2D eigenvalue weighted by Crippen LogP contribution is -2.44. The Balaban J connectivity index is 0.000000224. The van der Waals surface area contributed by atoms with Gasteiger partial charge in [0, 0.05) is 22.5 Å². The molecule has 0 aliphatic heterocycles. The van der Waals surface area contributed by atoms with E-state index in [1.54, 1.807) is 27.9 Å². The zero-order valence-corrected chi connectivity index (χ0v) is 35.8. The fourth-order valence-electron chi connectivity index (χ4n) is 6.64. The van der Waals surface area contributed by atoms with Crippen LogP contribution in [0.5, 0.6) is 0 Å². The molecule has 6 rings (SSSR count). The minimum Gasteiger partial charge on any atom is -0.312 e. The van der Waals surface area contributed by atoms with E-state index < -0.39 is 45.8 Å². The Morgan fingerprint density at radius 3 is 1.31 bits per heavy atom. The van der Waals surface area contributed by atoms with E-state index in [1.807, 2.05) is 60.7 Å². The van der Waals surface area contributed by atoms with E-state index in [1.165, 1.54) is 21.3 Å². The molecule has 59 heavy (non-hydrogen) atoms. The van der Waals surface area contributed by atoms with Crippen LogP contribution in [0, 0.1) is 30.2 Å². The van der Waals surface area contributed by atoms with E-state index in [2.05, 4.69) is 42.5 Å². The zero-order valence-electron chi connectivity index (χ0n) is 32.6. The molecule has 0 aliphatic rings. The van der Waals surface area contributed by atoms with Crippen molar-refractivity contribution in [3.05, 3.63) is 205 Å². The Hall–Kier alpha value is -5.16. The van der Waals surface area contributed by atoms with Crippen LogP contribution in [0.2, 0.25) is 0 Å². The molecular formula is C43H42Br2F4N6O4. The first-order valence-corrected chi connectivity index (χ1v) is 20.1. The number of nitrogens with one attached hydrogen (secondary N) is 2. The summed E-state index contributed by atoms with van der Waals surface area (Å²) in [6.07, 6.45) is 0.343. The second kappa shape index (κ2) is 20.2. The van der Waals surface area contributed by atoms with Gasteiger partial charge in [0.1, 0.15) is 32.2 Å². The topological polar surface area (TPSA) is 112 Å². The summed E-state index contributed by atoms with van der Waals surface area (Å²) in [6, 6.07) is 25.3. The number of hydrogen-bond acceptors (Lipinski definition) is 6. The van der Waals surface area contributed by atoms with Gasteiger partial charge in [-0.3, -0.25) is 27.9 Å². The van der Waals surface area contributed by atoms with Crippen molar-refractivity contribution in [2.45, 2.75) is 58.5 Å². The first-order chi connectivity index (χ1) is 28.2. The molecule has 0 bridgehead atoms. The SMILES string of the molecule is CCc1c(Br)c(=O)n(C[C@H](NC)c2ccccc2)c(=O)n1Cc1c(F)cccc1F.CN[C@@H](Cn1c(=O)c(Br)c(C)n(Cc2c(F)cccc2F)c1=O)c1ccccc1. The minimum atomic E-state index is -0.748. The lowest BCUT2D eigenvalue weighted by molar-refractivity contribution is 0.451. The fourth-order valence-corrected chi connectivity index (χ4v) is 7.78. The van der Waals surface area contributed by atoms with Gasteiger partial charge in [-0.05, 0) is 94.7 Å². The summed E-state index contributed by atoms with van der Waals surface area (Å²) in [4.78, 5) is 52.0. The van der Waals surface area contributed by atoms with Crippen molar-refractivity contribution in [1.82, 2.24) is 28.9 Å². The summed E-state index contributed by atoms with van der Waals surface area (Å²) >= 11 is 6.53. The van der Waals surface area contributed by atoms with E-state index in [0.717, 1.165) is 44.5 Å². The Morgan fingerprint density at radius 2 is 0.915 bits per heavy atom. The van der Waals surface area contributed by atoms with Gasteiger partial charge in [-0.1, -0.05) is 79.7 Å². The molecule has 0 unspecified atom stereocenters. The number of likely N-dealkylation sites (N-methyl/N-ethyl adjacent to an activating group) is 2. The van der Waals surface area contributed by atoms with Crippen molar-refractivity contribution in [3.63, 3.8) is 0 Å². The van der Waals surface area contributed by atoms with Gasteiger partial charge in [0.2, 0.25) is 0 Å². The van der Waals surface area contributed by atoms with Crippen molar-refractivity contribution in [1.29, 1.82) is 0 Å². The molecule has 0 radical (unpaired) electrons. The lowest BCUT2D eigenvalue weighted by atomic mass is 10.1. The molecule has 6 aromatic rings. The fraction of sp³-hybridized carbons (Fsp3) is 0.256. The highest BCUT2D eigenvalue weighted by Gasteiger charge is 2.23. The Morgan fingerprint density at radius 1 is 0.542 bits per heavy atom. The van der Waals surface area contributed by atoms with Crippen LogP contribution in [0.15, 0.2) is 125 Å². The minimum absolute atomic E-state index is 0.0663. The largest absolute Gasteiger partial charge is 0.331 e. The normalized spacial score (nSPS) is 12.2. The van der Waals surface area contributed by atoms with Gasteiger partial charge < -0.3 is 10.6 Å². The van der Waals surface area contributed by atoms with Gasteiger partial charge in [-0.2, -0.15) is 0 Å². The number of nitrogens with zero attached hydrogens (tertiary/aromatic N) is 4. The first kappa shape index (κ1) is 44.9. The summed E-state index contributed by atoms with van der Waals surface area (Å²) in [7, 11) is 3.48. The van der Waals surface area contributed by atoms with Gasteiger partial charge in [-0.15, -0.1) is 0 Å². The summed E-state index contributed by atoms with van der Waals surface area (Å²) < 4.78 is 61.7. The van der Waals surface area contributed by atoms with Crippen LogP contribution >= 0.6 is 31.9 Å².